The molecule has 1 aromatic carbocycles. The Morgan fingerprint density at radius 2 is 2.18 bits per heavy atom. The van der Waals surface area contributed by atoms with Crippen molar-refractivity contribution in [1.29, 1.82) is 0 Å². The molecule has 4 rings (SSSR count). The van der Waals surface area contributed by atoms with Crippen molar-refractivity contribution in [2.75, 3.05) is 13.7 Å². The first-order valence-electron chi connectivity index (χ1n) is 9.14. The van der Waals surface area contributed by atoms with E-state index in [0.29, 0.717) is 35.3 Å². The maximum atomic E-state index is 12.9. The van der Waals surface area contributed by atoms with Gasteiger partial charge in [0.1, 0.15) is 11.8 Å². The number of benzene rings is 1. The smallest absolute Gasteiger partial charge is 0.256 e. The number of pyridine rings is 1. The van der Waals surface area contributed by atoms with Crippen molar-refractivity contribution < 1.29 is 13.9 Å². The van der Waals surface area contributed by atoms with E-state index in [0.717, 1.165) is 24.2 Å². The van der Waals surface area contributed by atoms with Crippen molar-refractivity contribution in [3.8, 4) is 5.88 Å². The van der Waals surface area contributed by atoms with E-state index in [-0.39, 0.29) is 11.9 Å². The predicted molar refractivity (Wildman–Crippen MR) is 105 cm³/mol. The van der Waals surface area contributed by atoms with Crippen LogP contribution in [0, 0.1) is 0 Å². The third-order valence-corrected chi connectivity index (χ3v) is 5.07. The molecule has 6 nitrogen and oxygen atoms in total. The van der Waals surface area contributed by atoms with Crippen LogP contribution in [0.4, 0.5) is 0 Å². The molecular weight excluding hydrogens is 378 g/mol. The Hall–Kier alpha value is -2.86. The van der Waals surface area contributed by atoms with Crippen LogP contribution >= 0.6 is 11.6 Å². The normalized spacial score (nSPS) is 16.4. The fraction of sp³-hybridized carbons (Fsp3) is 0.286. The van der Waals surface area contributed by atoms with Gasteiger partial charge in [0.25, 0.3) is 5.91 Å². The van der Waals surface area contributed by atoms with Gasteiger partial charge in [0, 0.05) is 30.3 Å². The summed E-state index contributed by atoms with van der Waals surface area (Å²) in [6.45, 7) is 0.668. The van der Waals surface area contributed by atoms with E-state index in [1.54, 1.807) is 30.3 Å². The molecule has 1 fully saturated rings. The number of rotatable bonds is 5. The van der Waals surface area contributed by atoms with E-state index < -0.39 is 0 Å². The molecule has 1 atom stereocenters. The molecule has 0 saturated carbocycles. The molecule has 7 heteroatoms. The molecule has 0 N–H and O–H groups in total. The number of aromatic nitrogens is 2. The first-order chi connectivity index (χ1) is 13.6. The molecule has 0 radical (unpaired) electrons. The number of carbonyl (C=O) groups is 1. The van der Waals surface area contributed by atoms with Crippen LogP contribution in [0.1, 0.15) is 46.5 Å². The molecule has 28 heavy (non-hydrogen) atoms. The SMILES string of the molecule is COc1ccc(C(=O)N2CCCC2c2ncc(Cc3cccc(Cl)c3)o2)cn1. The van der Waals surface area contributed by atoms with Gasteiger partial charge in [0.15, 0.2) is 0 Å². The van der Waals surface area contributed by atoms with Crippen molar-refractivity contribution in [3.05, 3.63) is 76.6 Å². The van der Waals surface area contributed by atoms with Gasteiger partial charge in [0.05, 0.1) is 18.9 Å². The molecule has 1 saturated heterocycles. The maximum absolute atomic E-state index is 12.9. The van der Waals surface area contributed by atoms with Crippen molar-refractivity contribution in [1.82, 2.24) is 14.9 Å². The minimum atomic E-state index is -0.164. The molecule has 1 aliphatic rings. The fourth-order valence-corrected chi connectivity index (χ4v) is 3.68. The minimum Gasteiger partial charge on any atom is -0.481 e. The van der Waals surface area contributed by atoms with Crippen LogP contribution in [0.3, 0.4) is 0 Å². The van der Waals surface area contributed by atoms with Crippen LogP contribution in [0.5, 0.6) is 5.88 Å². The van der Waals surface area contributed by atoms with Gasteiger partial charge >= 0.3 is 0 Å². The van der Waals surface area contributed by atoms with Crippen molar-refractivity contribution in [3.63, 3.8) is 0 Å². The summed E-state index contributed by atoms with van der Waals surface area (Å²) in [5.41, 5.74) is 1.58. The molecule has 0 aliphatic carbocycles. The summed E-state index contributed by atoms with van der Waals surface area (Å²) >= 11 is 6.05. The summed E-state index contributed by atoms with van der Waals surface area (Å²) in [6.07, 6.45) is 5.61. The van der Waals surface area contributed by atoms with Crippen LogP contribution < -0.4 is 4.74 Å². The van der Waals surface area contributed by atoms with E-state index in [1.165, 1.54) is 6.20 Å². The first kappa shape index (κ1) is 18.5. The van der Waals surface area contributed by atoms with Gasteiger partial charge in [-0.05, 0) is 36.6 Å². The number of hydrogen-bond acceptors (Lipinski definition) is 5. The quantitative estimate of drug-likeness (QED) is 0.642. The molecular formula is C21H20ClN3O3. The Bertz CT molecular complexity index is 971. The van der Waals surface area contributed by atoms with Crippen LogP contribution in [0.2, 0.25) is 5.02 Å². The Kier molecular flexibility index (Phi) is 5.30. The molecule has 0 spiro atoms. The number of oxazole rings is 1. The number of nitrogens with zero attached hydrogens (tertiary/aromatic N) is 3. The molecule has 144 valence electrons. The highest BCUT2D eigenvalue weighted by molar-refractivity contribution is 6.30. The number of methoxy groups -OCH3 is 1. The number of carbonyl (C=O) groups excluding carboxylic acids is 1. The fourth-order valence-electron chi connectivity index (χ4n) is 3.47. The molecule has 0 bridgehead atoms. The Morgan fingerprint density at radius 3 is 2.93 bits per heavy atom. The number of ether oxygens (including phenoxy) is 1. The monoisotopic (exact) mass is 397 g/mol. The lowest BCUT2D eigenvalue weighted by molar-refractivity contribution is 0.0714. The zero-order valence-corrected chi connectivity index (χ0v) is 16.2. The molecule has 2 aromatic heterocycles. The lowest BCUT2D eigenvalue weighted by Crippen LogP contribution is -2.30. The summed E-state index contributed by atoms with van der Waals surface area (Å²) < 4.78 is 11.0. The van der Waals surface area contributed by atoms with E-state index >= 15 is 0 Å². The highest BCUT2D eigenvalue weighted by Crippen LogP contribution is 2.33. The van der Waals surface area contributed by atoms with Crippen LogP contribution in [0.25, 0.3) is 0 Å². The number of amides is 1. The van der Waals surface area contributed by atoms with Crippen molar-refractivity contribution in [2.45, 2.75) is 25.3 Å². The lowest BCUT2D eigenvalue weighted by Gasteiger charge is -2.22. The van der Waals surface area contributed by atoms with Gasteiger partial charge in [-0.1, -0.05) is 23.7 Å². The first-order valence-corrected chi connectivity index (χ1v) is 9.52. The van der Waals surface area contributed by atoms with Gasteiger partial charge in [0.2, 0.25) is 11.8 Å². The highest BCUT2D eigenvalue weighted by atomic mass is 35.5. The molecule has 3 heterocycles. The van der Waals surface area contributed by atoms with Crippen LogP contribution in [-0.4, -0.2) is 34.4 Å². The van der Waals surface area contributed by atoms with Crippen molar-refractivity contribution >= 4 is 17.5 Å². The predicted octanol–water partition coefficient (Wildman–Crippen LogP) is 4.30. The second-order valence-electron chi connectivity index (χ2n) is 6.72. The minimum absolute atomic E-state index is 0.0766. The molecule has 3 aromatic rings. The molecule has 1 unspecified atom stereocenters. The van der Waals surface area contributed by atoms with Crippen molar-refractivity contribution in [2.24, 2.45) is 0 Å². The van der Waals surface area contributed by atoms with Gasteiger partial charge < -0.3 is 14.1 Å². The second kappa shape index (κ2) is 8.02. The number of likely N-dealkylation sites (tertiary alicyclic amines) is 1. The standard InChI is InChI=1S/C21H20ClN3O3/c1-27-19-8-7-15(12-23-19)21(26)25-9-3-6-18(25)20-24-13-17(28-20)11-14-4-2-5-16(22)10-14/h2,4-5,7-8,10,12-13,18H,3,6,9,11H2,1H3. The summed E-state index contributed by atoms with van der Waals surface area (Å²) in [4.78, 5) is 23.3. The number of halogens is 1. The van der Waals surface area contributed by atoms with E-state index in [9.17, 15) is 4.79 Å². The third-order valence-electron chi connectivity index (χ3n) is 4.83. The largest absolute Gasteiger partial charge is 0.481 e. The summed E-state index contributed by atoms with van der Waals surface area (Å²) in [5, 5.41) is 0.693. The van der Waals surface area contributed by atoms with E-state index in [1.807, 2.05) is 24.3 Å². The van der Waals surface area contributed by atoms with Gasteiger partial charge in [-0.2, -0.15) is 0 Å². The van der Waals surface area contributed by atoms with Gasteiger partial charge in [-0.3, -0.25) is 4.79 Å². The van der Waals surface area contributed by atoms with Crippen LogP contribution in [0.15, 0.2) is 53.2 Å². The highest BCUT2D eigenvalue weighted by Gasteiger charge is 2.34. The zero-order chi connectivity index (χ0) is 19.5. The van der Waals surface area contributed by atoms with E-state index in [2.05, 4.69) is 9.97 Å². The Labute approximate surface area is 168 Å². The summed E-state index contributed by atoms with van der Waals surface area (Å²) in [6, 6.07) is 10.9. The second-order valence-corrected chi connectivity index (χ2v) is 7.15. The average Bonchev–Trinajstić information content (AvgIpc) is 3.37. The molecule has 1 aliphatic heterocycles. The lowest BCUT2D eigenvalue weighted by atomic mass is 10.1. The van der Waals surface area contributed by atoms with Gasteiger partial charge in [-0.25, -0.2) is 9.97 Å². The number of hydrogen-bond donors (Lipinski definition) is 0. The Morgan fingerprint density at radius 1 is 1.29 bits per heavy atom. The summed E-state index contributed by atoms with van der Waals surface area (Å²) in [7, 11) is 1.55. The van der Waals surface area contributed by atoms with E-state index in [4.69, 9.17) is 20.8 Å². The maximum Gasteiger partial charge on any atom is 0.256 e. The van der Waals surface area contributed by atoms with Crippen LogP contribution in [-0.2, 0) is 6.42 Å². The summed E-state index contributed by atoms with van der Waals surface area (Å²) in [5.74, 6) is 1.73. The topological polar surface area (TPSA) is 68.5 Å². The molecule has 1 amide bonds. The zero-order valence-electron chi connectivity index (χ0n) is 15.5. The Balaban J connectivity index is 1.50. The third kappa shape index (κ3) is 3.87. The average molecular weight is 398 g/mol. The van der Waals surface area contributed by atoms with Gasteiger partial charge in [-0.15, -0.1) is 0 Å².